The van der Waals surface area contributed by atoms with Crippen LogP contribution in [0.2, 0.25) is 0 Å². The first kappa shape index (κ1) is 16.1. The lowest BCUT2D eigenvalue weighted by atomic mass is 9.91. The molecule has 1 aromatic heterocycles. The van der Waals surface area contributed by atoms with Crippen LogP contribution < -0.4 is 4.74 Å². The van der Waals surface area contributed by atoms with E-state index in [4.69, 9.17) is 9.47 Å². The second-order valence-electron chi connectivity index (χ2n) is 6.37. The summed E-state index contributed by atoms with van der Waals surface area (Å²) in [4.78, 5) is 19.4. The number of hydrogen-bond donors (Lipinski definition) is 1. The van der Waals surface area contributed by atoms with Crippen LogP contribution in [-0.2, 0) is 16.0 Å². The molecule has 0 bridgehead atoms. The van der Waals surface area contributed by atoms with E-state index in [9.17, 15) is 4.79 Å². The van der Waals surface area contributed by atoms with E-state index in [2.05, 4.69) is 15.2 Å². The van der Waals surface area contributed by atoms with Gasteiger partial charge in [0.25, 0.3) is 0 Å². The van der Waals surface area contributed by atoms with Crippen molar-refractivity contribution in [1.82, 2.24) is 20.1 Å². The molecule has 2 aliphatic heterocycles. The quantitative estimate of drug-likeness (QED) is 0.920. The van der Waals surface area contributed by atoms with E-state index in [1.165, 1.54) is 0 Å². The zero-order valence-electron chi connectivity index (χ0n) is 14.3. The smallest absolute Gasteiger partial charge is 0.230 e. The molecule has 2 aliphatic rings. The van der Waals surface area contributed by atoms with Gasteiger partial charge in [0.15, 0.2) is 5.82 Å². The first-order valence-corrected chi connectivity index (χ1v) is 8.79. The highest BCUT2D eigenvalue weighted by Gasteiger charge is 2.34. The van der Waals surface area contributed by atoms with Crippen molar-refractivity contribution in [3.63, 3.8) is 0 Å². The highest BCUT2D eigenvalue weighted by atomic mass is 16.5. The normalized spacial score (nSPS) is 23.0. The topological polar surface area (TPSA) is 80.3 Å². The molecule has 7 heteroatoms. The summed E-state index contributed by atoms with van der Waals surface area (Å²) < 4.78 is 11.5. The summed E-state index contributed by atoms with van der Waals surface area (Å²) in [5.41, 5.74) is 0.980. The maximum atomic E-state index is 13.1. The number of H-pyrrole nitrogens is 1. The highest BCUT2D eigenvalue weighted by molar-refractivity contribution is 5.85. The molecule has 1 amide bonds. The lowest BCUT2D eigenvalue weighted by Crippen LogP contribution is -2.45. The number of nitrogens with one attached hydrogen (secondary N) is 1. The van der Waals surface area contributed by atoms with Gasteiger partial charge in [0.2, 0.25) is 5.91 Å². The molecular weight excluding hydrogens is 320 g/mol. The molecule has 1 fully saturated rings. The van der Waals surface area contributed by atoms with E-state index in [1.807, 2.05) is 36.1 Å². The number of carbonyl (C=O) groups is 1. The van der Waals surface area contributed by atoms with Gasteiger partial charge in [-0.25, -0.2) is 4.98 Å². The van der Waals surface area contributed by atoms with Crippen molar-refractivity contribution in [2.24, 2.45) is 0 Å². The van der Waals surface area contributed by atoms with E-state index in [0.717, 1.165) is 23.6 Å². The standard InChI is InChI=1S/C18H22N4O3/c1-2-16-19-17(21-20-16)15-11-22(8-10-25-15)18(23)13-7-9-24-14-6-4-3-5-12(13)14/h3-6,13,15H,2,7-11H2,1H3,(H,19,20,21)/t13-,15-/m0/s1. The third kappa shape index (κ3) is 3.11. The van der Waals surface area contributed by atoms with Gasteiger partial charge in [-0.15, -0.1) is 0 Å². The van der Waals surface area contributed by atoms with Gasteiger partial charge in [-0.05, 0) is 12.5 Å². The zero-order valence-corrected chi connectivity index (χ0v) is 14.3. The number of aromatic nitrogens is 3. The Bertz CT molecular complexity index is 760. The lowest BCUT2D eigenvalue weighted by Gasteiger charge is -2.35. The third-order valence-corrected chi connectivity index (χ3v) is 4.81. The molecule has 4 rings (SSSR count). The predicted molar refractivity (Wildman–Crippen MR) is 90.3 cm³/mol. The molecule has 132 valence electrons. The van der Waals surface area contributed by atoms with E-state index in [0.29, 0.717) is 38.5 Å². The van der Waals surface area contributed by atoms with Gasteiger partial charge >= 0.3 is 0 Å². The summed E-state index contributed by atoms with van der Waals surface area (Å²) >= 11 is 0. The second-order valence-corrected chi connectivity index (χ2v) is 6.37. The molecule has 0 spiro atoms. The molecule has 1 N–H and O–H groups in total. The van der Waals surface area contributed by atoms with Crippen molar-refractivity contribution in [3.05, 3.63) is 41.5 Å². The van der Waals surface area contributed by atoms with E-state index in [-0.39, 0.29) is 17.9 Å². The maximum absolute atomic E-state index is 13.1. The predicted octanol–water partition coefficient (Wildman–Crippen LogP) is 1.83. The van der Waals surface area contributed by atoms with Crippen LogP contribution in [0.15, 0.2) is 24.3 Å². The molecule has 7 nitrogen and oxygen atoms in total. The molecule has 0 unspecified atom stereocenters. The molecule has 0 aliphatic carbocycles. The van der Waals surface area contributed by atoms with Crippen molar-refractivity contribution in [2.45, 2.75) is 31.8 Å². The summed E-state index contributed by atoms with van der Waals surface area (Å²) in [5, 5.41) is 7.15. The van der Waals surface area contributed by atoms with Crippen LogP contribution in [-0.4, -0.2) is 52.3 Å². The van der Waals surface area contributed by atoms with Gasteiger partial charge < -0.3 is 14.4 Å². The number of aryl methyl sites for hydroxylation is 1. The van der Waals surface area contributed by atoms with Crippen LogP contribution in [0.1, 0.15) is 42.6 Å². The minimum Gasteiger partial charge on any atom is -0.493 e. The Balaban J connectivity index is 1.51. The Labute approximate surface area is 146 Å². The van der Waals surface area contributed by atoms with Gasteiger partial charge in [-0.3, -0.25) is 9.89 Å². The lowest BCUT2D eigenvalue weighted by molar-refractivity contribution is -0.141. The number of fused-ring (bicyclic) bond motifs is 1. The van der Waals surface area contributed by atoms with Crippen LogP contribution in [0.25, 0.3) is 0 Å². The number of morpholine rings is 1. The van der Waals surface area contributed by atoms with Crippen LogP contribution >= 0.6 is 0 Å². The van der Waals surface area contributed by atoms with Crippen LogP contribution in [0.3, 0.4) is 0 Å². The molecule has 2 atom stereocenters. The Hall–Kier alpha value is -2.41. The van der Waals surface area contributed by atoms with Crippen molar-refractivity contribution >= 4 is 5.91 Å². The van der Waals surface area contributed by atoms with Crippen molar-refractivity contribution in [1.29, 1.82) is 0 Å². The highest BCUT2D eigenvalue weighted by Crippen LogP contribution is 2.35. The minimum atomic E-state index is -0.274. The molecule has 25 heavy (non-hydrogen) atoms. The number of nitrogens with zero attached hydrogens (tertiary/aromatic N) is 3. The van der Waals surface area contributed by atoms with Gasteiger partial charge in [-0.2, -0.15) is 5.10 Å². The van der Waals surface area contributed by atoms with E-state index in [1.54, 1.807) is 0 Å². The van der Waals surface area contributed by atoms with Gasteiger partial charge in [-0.1, -0.05) is 25.1 Å². The third-order valence-electron chi connectivity index (χ3n) is 4.81. The van der Waals surface area contributed by atoms with Crippen molar-refractivity contribution in [3.8, 4) is 5.75 Å². The number of para-hydroxylation sites is 1. The Morgan fingerprint density at radius 2 is 2.24 bits per heavy atom. The molecular formula is C18H22N4O3. The number of aromatic amines is 1. The number of ether oxygens (including phenoxy) is 2. The fraction of sp³-hybridized carbons (Fsp3) is 0.500. The molecule has 2 aromatic rings. The average molecular weight is 342 g/mol. The van der Waals surface area contributed by atoms with Crippen molar-refractivity contribution < 1.29 is 14.3 Å². The maximum Gasteiger partial charge on any atom is 0.230 e. The molecule has 0 radical (unpaired) electrons. The SMILES string of the molecule is CCc1nc([C@@H]2CN(C(=O)[C@H]3CCOc4ccccc43)CCO2)n[nH]1. The monoisotopic (exact) mass is 342 g/mol. The summed E-state index contributed by atoms with van der Waals surface area (Å²) in [7, 11) is 0. The largest absolute Gasteiger partial charge is 0.493 e. The van der Waals surface area contributed by atoms with E-state index < -0.39 is 0 Å². The number of rotatable bonds is 3. The number of benzene rings is 1. The van der Waals surface area contributed by atoms with Gasteiger partial charge in [0.05, 0.1) is 25.7 Å². The van der Waals surface area contributed by atoms with Crippen LogP contribution in [0.4, 0.5) is 0 Å². The average Bonchev–Trinajstić information content (AvgIpc) is 3.16. The fourth-order valence-electron chi connectivity index (χ4n) is 3.44. The Morgan fingerprint density at radius 1 is 1.36 bits per heavy atom. The number of hydrogen-bond acceptors (Lipinski definition) is 5. The Kier molecular flexibility index (Phi) is 4.40. The number of carbonyl (C=O) groups excluding carboxylic acids is 1. The second kappa shape index (κ2) is 6.84. The Morgan fingerprint density at radius 3 is 3.08 bits per heavy atom. The van der Waals surface area contributed by atoms with Crippen molar-refractivity contribution in [2.75, 3.05) is 26.3 Å². The molecule has 0 saturated carbocycles. The first-order chi connectivity index (χ1) is 12.3. The molecule has 1 aromatic carbocycles. The molecule has 1 saturated heterocycles. The summed E-state index contributed by atoms with van der Waals surface area (Å²) in [6.45, 7) is 4.17. The summed E-state index contributed by atoms with van der Waals surface area (Å²) in [6.07, 6.45) is 1.23. The first-order valence-electron chi connectivity index (χ1n) is 8.79. The summed E-state index contributed by atoms with van der Waals surface area (Å²) in [6, 6.07) is 7.80. The number of amides is 1. The van der Waals surface area contributed by atoms with Crippen LogP contribution in [0, 0.1) is 0 Å². The fourth-order valence-corrected chi connectivity index (χ4v) is 3.44. The van der Waals surface area contributed by atoms with E-state index >= 15 is 0 Å². The molecule has 3 heterocycles. The van der Waals surface area contributed by atoms with Gasteiger partial charge in [0.1, 0.15) is 17.7 Å². The zero-order chi connectivity index (χ0) is 17.2. The minimum absolute atomic E-state index is 0.135. The summed E-state index contributed by atoms with van der Waals surface area (Å²) in [5.74, 6) is 2.26. The van der Waals surface area contributed by atoms with Crippen LogP contribution in [0.5, 0.6) is 5.75 Å². The van der Waals surface area contributed by atoms with Gasteiger partial charge in [0, 0.05) is 18.5 Å².